The summed E-state index contributed by atoms with van der Waals surface area (Å²) in [7, 11) is 3.09. The van der Waals surface area contributed by atoms with Gasteiger partial charge in [0.2, 0.25) is 5.91 Å². The third-order valence-corrected chi connectivity index (χ3v) is 5.51. The zero-order chi connectivity index (χ0) is 23.4. The van der Waals surface area contributed by atoms with Crippen LogP contribution in [0, 0.1) is 0 Å². The average Bonchev–Trinajstić information content (AvgIpc) is 3.27. The van der Waals surface area contributed by atoms with Crippen molar-refractivity contribution < 1.29 is 14.3 Å². The largest absolute Gasteiger partial charge is 0.497 e. The summed E-state index contributed by atoms with van der Waals surface area (Å²) in [6.07, 6.45) is 2.76. The molecule has 1 aromatic carbocycles. The van der Waals surface area contributed by atoms with E-state index in [2.05, 4.69) is 15.5 Å². The van der Waals surface area contributed by atoms with Gasteiger partial charge in [0.25, 0.3) is 11.1 Å². The van der Waals surface area contributed by atoms with E-state index in [0.29, 0.717) is 22.8 Å². The number of rotatable bonds is 8. The van der Waals surface area contributed by atoms with E-state index in [1.807, 2.05) is 0 Å². The summed E-state index contributed by atoms with van der Waals surface area (Å²) < 4.78 is 13.1. The quantitative estimate of drug-likeness (QED) is 0.538. The third kappa shape index (κ3) is 4.94. The number of aryl methyl sites for hydroxylation is 2. The number of ether oxygens (including phenoxy) is 2. The minimum Gasteiger partial charge on any atom is -0.497 e. The van der Waals surface area contributed by atoms with Crippen LogP contribution in [0.5, 0.6) is 11.5 Å². The molecule has 4 rings (SSSR count). The van der Waals surface area contributed by atoms with Crippen LogP contribution in [0.25, 0.3) is 11.3 Å². The molecule has 2 aromatic heterocycles. The van der Waals surface area contributed by atoms with Crippen LogP contribution in [0.2, 0.25) is 0 Å². The van der Waals surface area contributed by atoms with Gasteiger partial charge in [-0.25, -0.2) is 9.36 Å². The van der Waals surface area contributed by atoms with Crippen molar-refractivity contribution in [3.8, 4) is 22.8 Å². The highest BCUT2D eigenvalue weighted by atomic mass is 16.5. The Labute approximate surface area is 189 Å². The Kier molecular flexibility index (Phi) is 6.53. The maximum absolute atomic E-state index is 12.4. The number of fused-ring (bicyclic) bond motifs is 1. The number of benzene rings is 1. The van der Waals surface area contributed by atoms with Gasteiger partial charge in [-0.2, -0.15) is 10.2 Å². The highest BCUT2D eigenvalue weighted by Gasteiger charge is 2.15. The Morgan fingerprint density at radius 1 is 1.00 bits per heavy atom. The molecule has 33 heavy (non-hydrogen) atoms. The van der Waals surface area contributed by atoms with Gasteiger partial charge in [-0.15, -0.1) is 0 Å². The van der Waals surface area contributed by atoms with Crippen molar-refractivity contribution in [2.45, 2.75) is 32.4 Å². The lowest BCUT2D eigenvalue weighted by molar-refractivity contribution is -0.121. The smallest absolute Gasteiger partial charge is 0.267 e. The van der Waals surface area contributed by atoms with Crippen LogP contribution in [0.4, 0.5) is 0 Å². The highest BCUT2D eigenvalue weighted by Crippen LogP contribution is 2.31. The van der Waals surface area contributed by atoms with E-state index in [4.69, 9.17) is 9.47 Å². The molecule has 1 aliphatic carbocycles. The molecular formula is C23H25N5O5. The number of nitrogens with one attached hydrogen (secondary N) is 1. The van der Waals surface area contributed by atoms with Gasteiger partial charge in [0, 0.05) is 24.2 Å². The SMILES string of the molecule is COc1ccc(OC)c(-c2ccc(=O)n(CC(=O)NCCn3nc4c(cc3=O)CCC4)n2)c1. The predicted molar refractivity (Wildman–Crippen MR) is 121 cm³/mol. The zero-order valence-corrected chi connectivity index (χ0v) is 18.5. The van der Waals surface area contributed by atoms with E-state index in [0.717, 1.165) is 35.2 Å². The van der Waals surface area contributed by atoms with Crippen molar-refractivity contribution >= 4 is 5.91 Å². The van der Waals surface area contributed by atoms with Crippen molar-refractivity contribution in [2.24, 2.45) is 0 Å². The normalized spacial score (nSPS) is 12.3. The molecule has 0 aliphatic heterocycles. The van der Waals surface area contributed by atoms with E-state index in [1.165, 1.54) is 17.9 Å². The summed E-state index contributed by atoms with van der Waals surface area (Å²) in [5, 5.41) is 11.4. The molecule has 0 atom stereocenters. The molecule has 1 amide bonds. The molecule has 3 aromatic rings. The second-order valence-electron chi connectivity index (χ2n) is 7.66. The van der Waals surface area contributed by atoms with E-state index >= 15 is 0 Å². The fourth-order valence-electron chi connectivity index (χ4n) is 3.81. The van der Waals surface area contributed by atoms with Crippen molar-refractivity contribution in [3.63, 3.8) is 0 Å². The minimum absolute atomic E-state index is 0.178. The van der Waals surface area contributed by atoms with Gasteiger partial charge < -0.3 is 14.8 Å². The number of amides is 1. The molecule has 10 nitrogen and oxygen atoms in total. The molecule has 0 saturated heterocycles. The van der Waals surface area contributed by atoms with Crippen molar-refractivity contribution in [1.29, 1.82) is 0 Å². The molecule has 1 aliphatic rings. The molecule has 0 spiro atoms. The van der Waals surface area contributed by atoms with Crippen LogP contribution >= 0.6 is 0 Å². The molecule has 0 bridgehead atoms. The van der Waals surface area contributed by atoms with Gasteiger partial charge in [0.1, 0.15) is 18.0 Å². The van der Waals surface area contributed by atoms with Gasteiger partial charge in [-0.05, 0) is 49.1 Å². The molecule has 0 fully saturated rings. The average molecular weight is 451 g/mol. The molecule has 1 N–H and O–H groups in total. The summed E-state index contributed by atoms with van der Waals surface area (Å²) in [4.78, 5) is 36.9. The Hall–Kier alpha value is -3.95. The standard InChI is InChI=1S/C23H25N5O5/c1-32-16-6-8-20(33-2)17(13-16)19-7-9-22(30)28(26-19)14-21(29)24-10-11-27-23(31)12-15-4-3-5-18(15)25-27/h6-9,12-13H,3-5,10-11,14H2,1-2H3,(H,24,29). The number of carbonyl (C=O) groups is 1. The van der Waals surface area contributed by atoms with Gasteiger partial charge in [-0.3, -0.25) is 14.4 Å². The molecule has 2 heterocycles. The first-order valence-electron chi connectivity index (χ1n) is 10.7. The van der Waals surface area contributed by atoms with Crippen LogP contribution < -0.4 is 25.9 Å². The van der Waals surface area contributed by atoms with E-state index < -0.39 is 11.5 Å². The van der Waals surface area contributed by atoms with Gasteiger partial charge in [-0.1, -0.05) is 0 Å². The number of nitrogens with zero attached hydrogens (tertiary/aromatic N) is 4. The van der Waals surface area contributed by atoms with Crippen molar-refractivity contribution in [3.05, 3.63) is 68.4 Å². The van der Waals surface area contributed by atoms with Gasteiger partial charge >= 0.3 is 0 Å². The topological polar surface area (TPSA) is 117 Å². The summed E-state index contributed by atoms with van der Waals surface area (Å²) in [5.41, 5.74) is 2.47. The Bertz CT molecular complexity index is 1300. The predicted octanol–water partition coefficient (Wildman–Crippen LogP) is 0.789. The monoisotopic (exact) mass is 451 g/mol. The summed E-state index contributed by atoms with van der Waals surface area (Å²) in [6, 6.07) is 9.79. The van der Waals surface area contributed by atoms with Crippen LogP contribution in [0.15, 0.2) is 46.0 Å². The Balaban J connectivity index is 1.44. The number of aromatic nitrogens is 4. The first kappa shape index (κ1) is 22.3. The fourth-order valence-corrected chi connectivity index (χ4v) is 3.81. The minimum atomic E-state index is -0.410. The molecule has 172 valence electrons. The fraction of sp³-hybridized carbons (Fsp3) is 0.348. The van der Waals surface area contributed by atoms with Gasteiger partial charge in [0.15, 0.2) is 0 Å². The van der Waals surface area contributed by atoms with Crippen LogP contribution in [0.1, 0.15) is 17.7 Å². The second kappa shape index (κ2) is 9.68. The van der Waals surface area contributed by atoms with Gasteiger partial charge in [0.05, 0.1) is 32.2 Å². The summed E-state index contributed by atoms with van der Waals surface area (Å²) in [5.74, 6) is 0.775. The zero-order valence-electron chi connectivity index (χ0n) is 18.5. The third-order valence-electron chi connectivity index (χ3n) is 5.51. The maximum Gasteiger partial charge on any atom is 0.267 e. The Morgan fingerprint density at radius 2 is 1.85 bits per heavy atom. The second-order valence-corrected chi connectivity index (χ2v) is 7.66. The first-order valence-corrected chi connectivity index (χ1v) is 10.7. The molecule has 10 heteroatoms. The lowest BCUT2D eigenvalue weighted by Gasteiger charge is -2.12. The lowest BCUT2D eigenvalue weighted by Crippen LogP contribution is -2.36. The number of carbonyl (C=O) groups excluding carboxylic acids is 1. The van der Waals surface area contributed by atoms with E-state index in [-0.39, 0.29) is 25.2 Å². The van der Waals surface area contributed by atoms with E-state index in [1.54, 1.807) is 37.4 Å². The van der Waals surface area contributed by atoms with Crippen LogP contribution in [-0.2, 0) is 30.7 Å². The number of hydrogen-bond donors (Lipinski definition) is 1. The Morgan fingerprint density at radius 3 is 2.64 bits per heavy atom. The number of hydrogen-bond acceptors (Lipinski definition) is 7. The number of methoxy groups -OCH3 is 2. The van der Waals surface area contributed by atoms with Crippen molar-refractivity contribution in [1.82, 2.24) is 24.9 Å². The van der Waals surface area contributed by atoms with Crippen LogP contribution in [0.3, 0.4) is 0 Å². The molecule has 0 unspecified atom stereocenters. The first-order chi connectivity index (χ1) is 16.0. The summed E-state index contributed by atoms with van der Waals surface area (Å²) in [6.45, 7) is 0.204. The molecular weight excluding hydrogens is 426 g/mol. The van der Waals surface area contributed by atoms with Crippen molar-refractivity contribution in [2.75, 3.05) is 20.8 Å². The molecule has 0 saturated carbocycles. The van der Waals surface area contributed by atoms with Crippen LogP contribution in [-0.4, -0.2) is 46.2 Å². The summed E-state index contributed by atoms with van der Waals surface area (Å²) >= 11 is 0. The maximum atomic E-state index is 12.4. The van der Waals surface area contributed by atoms with E-state index in [9.17, 15) is 14.4 Å². The highest BCUT2D eigenvalue weighted by molar-refractivity contribution is 5.75. The molecule has 0 radical (unpaired) electrons. The lowest BCUT2D eigenvalue weighted by atomic mass is 10.1.